The molecule has 27 heavy (non-hydrogen) atoms. The number of nitrogens with one attached hydrogen (secondary N) is 3. The van der Waals surface area contributed by atoms with Gasteiger partial charge in [-0.05, 0) is 61.6 Å². The first-order valence-corrected chi connectivity index (χ1v) is 9.20. The summed E-state index contributed by atoms with van der Waals surface area (Å²) in [6, 6.07) is 12.1. The van der Waals surface area contributed by atoms with Gasteiger partial charge in [-0.2, -0.15) is 0 Å². The Morgan fingerprint density at radius 3 is 2.74 bits per heavy atom. The van der Waals surface area contributed by atoms with E-state index in [1.807, 2.05) is 25.1 Å². The van der Waals surface area contributed by atoms with Crippen LogP contribution < -0.4 is 25.4 Å². The molecule has 3 N–H and O–H groups in total. The highest BCUT2D eigenvalue weighted by molar-refractivity contribution is 7.80. The van der Waals surface area contributed by atoms with Crippen LogP contribution in [-0.4, -0.2) is 23.9 Å². The third-order valence-electron chi connectivity index (χ3n) is 4.84. The summed E-state index contributed by atoms with van der Waals surface area (Å²) in [6.07, 6.45) is 0. The Bertz CT molecular complexity index is 921. The predicted molar refractivity (Wildman–Crippen MR) is 107 cm³/mol. The molecule has 1 amide bonds. The van der Waals surface area contributed by atoms with Gasteiger partial charge in [0.2, 0.25) is 5.91 Å². The van der Waals surface area contributed by atoms with Gasteiger partial charge >= 0.3 is 0 Å². The van der Waals surface area contributed by atoms with Crippen molar-refractivity contribution in [2.45, 2.75) is 18.7 Å². The van der Waals surface area contributed by atoms with Crippen LogP contribution in [0.4, 0.5) is 5.69 Å². The molecule has 2 heterocycles. The average Bonchev–Trinajstić information content (AvgIpc) is 2.62. The SMILES string of the molecule is COc1ccc2c(c1)[C@H]1NC(=S)N[C@@](C)(O2)[C@@H]1C(=O)Nc1ccc(Cl)cc1. The molecule has 0 radical (unpaired) electrons. The van der Waals surface area contributed by atoms with Crippen molar-refractivity contribution in [1.29, 1.82) is 0 Å². The number of carbonyl (C=O) groups is 1. The standard InChI is InChI=1S/C19H18ClN3O3S/c1-19-15(17(24)21-11-5-3-10(20)4-6-11)16(22-18(27)23-19)13-9-12(25-2)7-8-14(13)26-19/h3-9,15-16H,1-2H3,(H,21,24)(H2,22,23,27)/t15-,16+,19-/m0/s1. The number of hydrogen-bond acceptors (Lipinski definition) is 4. The Kier molecular flexibility index (Phi) is 4.36. The van der Waals surface area contributed by atoms with Crippen LogP contribution in [0, 0.1) is 5.92 Å². The van der Waals surface area contributed by atoms with Gasteiger partial charge in [0.25, 0.3) is 0 Å². The van der Waals surface area contributed by atoms with Crippen molar-refractivity contribution in [1.82, 2.24) is 10.6 Å². The minimum atomic E-state index is -0.981. The third kappa shape index (κ3) is 3.17. The molecule has 2 aromatic rings. The summed E-state index contributed by atoms with van der Waals surface area (Å²) in [5.74, 6) is 0.602. The molecule has 3 atom stereocenters. The molecule has 0 unspecified atom stereocenters. The number of benzene rings is 2. The smallest absolute Gasteiger partial charge is 0.236 e. The molecule has 0 aliphatic carbocycles. The molecule has 1 fully saturated rings. The lowest BCUT2D eigenvalue weighted by Crippen LogP contribution is -2.70. The van der Waals surface area contributed by atoms with Gasteiger partial charge in [-0.1, -0.05) is 11.6 Å². The third-order valence-corrected chi connectivity index (χ3v) is 5.32. The summed E-state index contributed by atoms with van der Waals surface area (Å²) in [6.45, 7) is 1.83. The quantitative estimate of drug-likeness (QED) is 0.683. The normalized spacial score (nSPS) is 25.4. The fourth-order valence-electron chi connectivity index (χ4n) is 3.60. The van der Waals surface area contributed by atoms with Gasteiger partial charge in [0.15, 0.2) is 10.8 Å². The number of hydrogen-bond donors (Lipinski definition) is 3. The Morgan fingerprint density at radius 1 is 1.30 bits per heavy atom. The molecule has 1 saturated heterocycles. The zero-order valence-corrected chi connectivity index (χ0v) is 16.3. The van der Waals surface area contributed by atoms with Gasteiger partial charge in [-0.15, -0.1) is 0 Å². The maximum absolute atomic E-state index is 13.2. The van der Waals surface area contributed by atoms with Crippen LogP contribution in [0.3, 0.4) is 0 Å². The number of carbonyl (C=O) groups excluding carboxylic acids is 1. The van der Waals surface area contributed by atoms with Crippen LogP contribution in [0.1, 0.15) is 18.5 Å². The van der Waals surface area contributed by atoms with Gasteiger partial charge in [0, 0.05) is 16.3 Å². The molecule has 2 aromatic carbocycles. The number of methoxy groups -OCH3 is 1. The van der Waals surface area contributed by atoms with Crippen LogP contribution >= 0.6 is 23.8 Å². The molecule has 6 nitrogen and oxygen atoms in total. The summed E-state index contributed by atoms with van der Waals surface area (Å²) in [7, 11) is 1.60. The van der Waals surface area contributed by atoms with Crippen molar-refractivity contribution in [2.24, 2.45) is 5.92 Å². The monoisotopic (exact) mass is 403 g/mol. The van der Waals surface area contributed by atoms with E-state index in [4.69, 9.17) is 33.3 Å². The van der Waals surface area contributed by atoms with E-state index in [0.717, 1.165) is 5.56 Å². The number of thiocarbonyl (C=S) groups is 1. The van der Waals surface area contributed by atoms with Crippen LogP contribution in [0.2, 0.25) is 5.02 Å². The van der Waals surface area contributed by atoms with E-state index in [2.05, 4.69) is 16.0 Å². The summed E-state index contributed by atoms with van der Waals surface area (Å²) in [5.41, 5.74) is 0.502. The van der Waals surface area contributed by atoms with Crippen LogP contribution in [0.15, 0.2) is 42.5 Å². The molecular weight excluding hydrogens is 386 g/mol. The van der Waals surface area contributed by atoms with Gasteiger partial charge in [0.1, 0.15) is 17.4 Å². The first-order chi connectivity index (χ1) is 12.9. The fraction of sp³-hybridized carbons (Fsp3) is 0.263. The molecule has 4 rings (SSSR count). The zero-order chi connectivity index (χ0) is 19.2. The van der Waals surface area contributed by atoms with E-state index in [0.29, 0.717) is 27.3 Å². The molecule has 2 aliphatic heterocycles. The molecule has 0 aromatic heterocycles. The second-order valence-corrected chi connectivity index (χ2v) is 7.51. The van der Waals surface area contributed by atoms with E-state index in [-0.39, 0.29) is 11.9 Å². The number of anilines is 1. The maximum Gasteiger partial charge on any atom is 0.236 e. The summed E-state index contributed by atoms with van der Waals surface area (Å²) in [5, 5.41) is 10.3. The van der Waals surface area contributed by atoms with Crippen molar-refractivity contribution < 1.29 is 14.3 Å². The Hall–Kier alpha value is -2.51. The first-order valence-electron chi connectivity index (χ1n) is 8.42. The van der Waals surface area contributed by atoms with E-state index in [1.165, 1.54) is 0 Å². The highest BCUT2D eigenvalue weighted by atomic mass is 35.5. The maximum atomic E-state index is 13.2. The van der Waals surface area contributed by atoms with Gasteiger partial charge in [-0.3, -0.25) is 4.79 Å². The minimum absolute atomic E-state index is 0.194. The topological polar surface area (TPSA) is 71.6 Å². The molecular formula is C19H18ClN3O3S. The van der Waals surface area contributed by atoms with E-state index >= 15 is 0 Å². The number of halogens is 1. The van der Waals surface area contributed by atoms with Gasteiger partial charge < -0.3 is 25.4 Å². The second kappa shape index (κ2) is 6.58. The number of fused-ring (bicyclic) bond motifs is 4. The predicted octanol–water partition coefficient (Wildman–Crippen LogP) is 3.23. The lowest BCUT2D eigenvalue weighted by molar-refractivity contribution is -0.132. The lowest BCUT2D eigenvalue weighted by Gasteiger charge is -2.50. The highest BCUT2D eigenvalue weighted by Gasteiger charge is 2.54. The lowest BCUT2D eigenvalue weighted by atomic mass is 9.80. The fourth-order valence-corrected chi connectivity index (χ4v) is 4.06. The Labute approximate surface area is 167 Å². The zero-order valence-electron chi connectivity index (χ0n) is 14.7. The average molecular weight is 404 g/mol. The number of ether oxygens (including phenoxy) is 2. The highest BCUT2D eigenvalue weighted by Crippen LogP contribution is 2.46. The van der Waals surface area contributed by atoms with Crippen molar-refractivity contribution in [2.75, 3.05) is 12.4 Å². The first kappa shape index (κ1) is 17.9. The molecule has 140 valence electrons. The molecule has 2 bridgehead atoms. The summed E-state index contributed by atoms with van der Waals surface area (Å²) < 4.78 is 11.5. The number of amides is 1. The van der Waals surface area contributed by atoms with Crippen LogP contribution in [-0.2, 0) is 4.79 Å². The Balaban J connectivity index is 1.71. The molecule has 0 spiro atoms. The number of rotatable bonds is 3. The van der Waals surface area contributed by atoms with E-state index in [1.54, 1.807) is 31.4 Å². The summed E-state index contributed by atoms with van der Waals surface area (Å²) >= 11 is 11.2. The van der Waals surface area contributed by atoms with E-state index < -0.39 is 11.6 Å². The molecule has 8 heteroatoms. The molecule has 2 aliphatic rings. The summed E-state index contributed by atoms with van der Waals surface area (Å²) in [4.78, 5) is 13.2. The largest absolute Gasteiger partial charge is 0.497 e. The Morgan fingerprint density at radius 2 is 2.04 bits per heavy atom. The van der Waals surface area contributed by atoms with Gasteiger partial charge in [0.05, 0.1) is 13.2 Å². The van der Waals surface area contributed by atoms with Crippen LogP contribution in [0.5, 0.6) is 11.5 Å². The second-order valence-electron chi connectivity index (χ2n) is 6.66. The van der Waals surface area contributed by atoms with Gasteiger partial charge in [-0.25, -0.2) is 0 Å². The minimum Gasteiger partial charge on any atom is -0.497 e. The van der Waals surface area contributed by atoms with Crippen molar-refractivity contribution >= 4 is 40.5 Å². The van der Waals surface area contributed by atoms with Crippen LogP contribution in [0.25, 0.3) is 0 Å². The van der Waals surface area contributed by atoms with Crippen molar-refractivity contribution in [3.63, 3.8) is 0 Å². The van der Waals surface area contributed by atoms with Crippen molar-refractivity contribution in [3.8, 4) is 11.5 Å². The molecule has 0 saturated carbocycles. The van der Waals surface area contributed by atoms with E-state index in [9.17, 15) is 4.79 Å². The van der Waals surface area contributed by atoms with Crippen molar-refractivity contribution in [3.05, 3.63) is 53.1 Å².